The summed E-state index contributed by atoms with van der Waals surface area (Å²) in [6, 6.07) is 0.649. The fraction of sp³-hybridized carbons (Fsp3) is 0.929. The Morgan fingerprint density at radius 3 is 2.47 bits per heavy atom. The van der Waals surface area contributed by atoms with E-state index in [9.17, 15) is 4.79 Å². The second kappa shape index (κ2) is 7.70. The van der Waals surface area contributed by atoms with E-state index in [1.165, 1.54) is 19.3 Å². The zero-order chi connectivity index (χ0) is 12.7. The molecule has 1 saturated carbocycles. The molecule has 17 heavy (non-hydrogen) atoms. The zero-order valence-corrected chi connectivity index (χ0v) is 11.5. The molecule has 3 heteroatoms. The average Bonchev–Trinajstić information content (AvgIpc) is 2.23. The summed E-state index contributed by atoms with van der Waals surface area (Å²) in [6.45, 7) is 7.94. The number of hydrogen-bond acceptors (Lipinski definition) is 3. The third-order valence-electron chi connectivity index (χ3n) is 3.47. The van der Waals surface area contributed by atoms with Crippen molar-refractivity contribution in [2.24, 2.45) is 11.8 Å². The monoisotopic (exact) mass is 241 g/mol. The summed E-state index contributed by atoms with van der Waals surface area (Å²) in [5.41, 5.74) is 0. The SMILES string of the molecule is CCOC(=O)CCCNC1CC(C)CC(C)C1. The lowest BCUT2D eigenvalue weighted by molar-refractivity contribution is -0.143. The Morgan fingerprint density at radius 1 is 1.24 bits per heavy atom. The van der Waals surface area contributed by atoms with Gasteiger partial charge in [-0.25, -0.2) is 0 Å². The van der Waals surface area contributed by atoms with Crippen LogP contribution in [-0.4, -0.2) is 25.2 Å². The Bertz CT molecular complexity index is 220. The predicted octanol–water partition coefficient (Wildman–Crippen LogP) is 2.74. The van der Waals surface area contributed by atoms with Crippen LogP contribution in [-0.2, 0) is 9.53 Å². The van der Waals surface area contributed by atoms with Crippen molar-refractivity contribution in [2.75, 3.05) is 13.2 Å². The maximum atomic E-state index is 11.1. The fourth-order valence-corrected chi connectivity index (χ4v) is 2.89. The number of ether oxygens (including phenoxy) is 1. The van der Waals surface area contributed by atoms with Crippen LogP contribution in [0.3, 0.4) is 0 Å². The fourth-order valence-electron chi connectivity index (χ4n) is 2.89. The number of hydrogen-bond donors (Lipinski definition) is 1. The predicted molar refractivity (Wildman–Crippen MR) is 69.8 cm³/mol. The van der Waals surface area contributed by atoms with Gasteiger partial charge in [0.15, 0.2) is 0 Å². The van der Waals surface area contributed by atoms with Crippen LogP contribution >= 0.6 is 0 Å². The number of nitrogens with one attached hydrogen (secondary N) is 1. The first-order valence-corrected chi connectivity index (χ1v) is 7.00. The summed E-state index contributed by atoms with van der Waals surface area (Å²) < 4.78 is 4.90. The largest absolute Gasteiger partial charge is 0.466 e. The summed E-state index contributed by atoms with van der Waals surface area (Å²) in [5, 5.41) is 3.57. The minimum atomic E-state index is -0.0697. The molecule has 3 nitrogen and oxygen atoms in total. The summed E-state index contributed by atoms with van der Waals surface area (Å²) in [5.74, 6) is 1.60. The standard InChI is InChI=1S/C14H27NO2/c1-4-17-14(16)6-5-7-15-13-9-11(2)8-12(3)10-13/h11-13,15H,4-10H2,1-3H3. The van der Waals surface area contributed by atoms with Gasteiger partial charge in [-0.05, 0) is 51.0 Å². The number of carbonyl (C=O) groups is 1. The third-order valence-corrected chi connectivity index (χ3v) is 3.47. The summed E-state index contributed by atoms with van der Waals surface area (Å²) in [4.78, 5) is 11.1. The van der Waals surface area contributed by atoms with Gasteiger partial charge in [-0.1, -0.05) is 13.8 Å². The van der Waals surface area contributed by atoms with E-state index in [0.29, 0.717) is 19.1 Å². The molecule has 0 heterocycles. The normalized spacial score (nSPS) is 29.0. The third kappa shape index (κ3) is 6.06. The second-order valence-corrected chi connectivity index (χ2v) is 5.48. The van der Waals surface area contributed by atoms with E-state index in [1.54, 1.807) is 0 Å². The van der Waals surface area contributed by atoms with Crippen LogP contribution in [0.15, 0.2) is 0 Å². The van der Waals surface area contributed by atoms with Crippen LogP contribution in [0.4, 0.5) is 0 Å². The van der Waals surface area contributed by atoms with Crippen LogP contribution in [0.1, 0.15) is 52.9 Å². The van der Waals surface area contributed by atoms with Gasteiger partial charge in [0.05, 0.1) is 6.61 Å². The van der Waals surface area contributed by atoms with Crippen molar-refractivity contribution in [1.29, 1.82) is 0 Å². The van der Waals surface area contributed by atoms with Gasteiger partial charge in [-0.2, -0.15) is 0 Å². The highest BCUT2D eigenvalue weighted by atomic mass is 16.5. The molecule has 0 amide bonds. The highest BCUT2D eigenvalue weighted by Crippen LogP contribution is 2.28. The molecule has 1 aliphatic rings. The van der Waals surface area contributed by atoms with E-state index < -0.39 is 0 Å². The minimum absolute atomic E-state index is 0.0697. The van der Waals surface area contributed by atoms with Crippen molar-refractivity contribution in [3.05, 3.63) is 0 Å². The van der Waals surface area contributed by atoms with Gasteiger partial charge in [0.2, 0.25) is 0 Å². The maximum absolute atomic E-state index is 11.1. The first-order valence-electron chi connectivity index (χ1n) is 7.00. The molecule has 0 spiro atoms. The van der Waals surface area contributed by atoms with Crippen molar-refractivity contribution in [2.45, 2.75) is 58.9 Å². The first kappa shape index (κ1) is 14.5. The van der Waals surface area contributed by atoms with Crippen LogP contribution < -0.4 is 5.32 Å². The minimum Gasteiger partial charge on any atom is -0.466 e. The molecular formula is C14H27NO2. The first-order chi connectivity index (χ1) is 8.11. The molecule has 100 valence electrons. The summed E-state index contributed by atoms with van der Waals surface area (Å²) >= 11 is 0. The van der Waals surface area contributed by atoms with Gasteiger partial charge >= 0.3 is 5.97 Å². The van der Waals surface area contributed by atoms with E-state index in [-0.39, 0.29) is 5.97 Å². The molecule has 0 aromatic carbocycles. The smallest absolute Gasteiger partial charge is 0.305 e. The molecule has 1 N–H and O–H groups in total. The summed E-state index contributed by atoms with van der Waals surface area (Å²) in [7, 11) is 0. The van der Waals surface area contributed by atoms with Crippen LogP contribution in [0.25, 0.3) is 0 Å². The molecule has 0 aromatic rings. The van der Waals surface area contributed by atoms with E-state index in [2.05, 4.69) is 19.2 Å². The molecule has 0 radical (unpaired) electrons. The molecule has 1 aliphatic carbocycles. The molecule has 1 fully saturated rings. The lowest BCUT2D eigenvalue weighted by Crippen LogP contribution is -2.36. The van der Waals surface area contributed by atoms with E-state index in [4.69, 9.17) is 4.74 Å². The van der Waals surface area contributed by atoms with Crippen molar-refractivity contribution in [3.63, 3.8) is 0 Å². The highest BCUT2D eigenvalue weighted by Gasteiger charge is 2.23. The zero-order valence-electron chi connectivity index (χ0n) is 11.5. The van der Waals surface area contributed by atoms with Crippen molar-refractivity contribution in [3.8, 4) is 0 Å². The Kier molecular flexibility index (Phi) is 6.56. The van der Waals surface area contributed by atoms with Crippen molar-refractivity contribution < 1.29 is 9.53 Å². The number of rotatable bonds is 6. The maximum Gasteiger partial charge on any atom is 0.305 e. The molecule has 0 aliphatic heterocycles. The lowest BCUT2D eigenvalue weighted by Gasteiger charge is -2.32. The Hall–Kier alpha value is -0.570. The van der Waals surface area contributed by atoms with Crippen LogP contribution in [0, 0.1) is 11.8 Å². The number of esters is 1. The van der Waals surface area contributed by atoms with Gasteiger partial charge < -0.3 is 10.1 Å². The highest BCUT2D eigenvalue weighted by molar-refractivity contribution is 5.69. The van der Waals surface area contributed by atoms with Crippen molar-refractivity contribution >= 4 is 5.97 Å². The molecule has 0 aromatic heterocycles. The van der Waals surface area contributed by atoms with E-state index >= 15 is 0 Å². The molecular weight excluding hydrogens is 214 g/mol. The second-order valence-electron chi connectivity index (χ2n) is 5.48. The van der Waals surface area contributed by atoms with Gasteiger partial charge in [0, 0.05) is 12.5 Å². The molecule has 0 saturated heterocycles. The van der Waals surface area contributed by atoms with E-state index in [1.807, 2.05) is 6.92 Å². The van der Waals surface area contributed by atoms with Crippen LogP contribution in [0.2, 0.25) is 0 Å². The lowest BCUT2D eigenvalue weighted by atomic mass is 9.80. The molecule has 2 unspecified atom stereocenters. The topological polar surface area (TPSA) is 38.3 Å². The van der Waals surface area contributed by atoms with Gasteiger partial charge in [0.25, 0.3) is 0 Å². The van der Waals surface area contributed by atoms with E-state index in [0.717, 1.165) is 24.8 Å². The number of carbonyl (C=O) groups excluding carboxylic acids is 1. The summed E-state index contributed by atoms with van der Waals surface area (Å²) in [6.07, 6.45) is 5.35. The quantitative estimate of drug-likeness (QED) is 0.574. The Morgan fingerprint density at radius 2 is 1.88 bits per heavy atom. The van der Waals surface area contributed by atoms with Crippen LogP contribution in [0.5, 0.6) is 0 Å². The average molecular weight is 241 g/mol. The Balaban J connectivity index is 2.08. The molecule has 0 bridgehead atoms. The van der Waals surface area contributed by atoms with Gasteiger partial charge in [-0.3, -0.25) is 4.79 Å². The Labute approximate surface area is 105 Å². The van der Waals surface area contributed by atoms with Gasteiger partial charge in [0.1, 0.15) is 0 Å². The van der Waals surface area contributed by atoms with Gasteiger partial charge in [-0.15, -0.1) is 0 Å². The molecule has 1 rings (SSSR count). The van der Waals surface area contributed by atoms with Crippen molar-refractivity contribution in [1.82, 2.24) is 5.32 Å². The molecule has 2 atom stereocenters.